The van der Waals surface area contributed by atoms with Crippen LogP contribution in [0.25, 0.3) is 10.9 Å². The number of aromatic nitrogens is 2. The molecular formula is C21H20N4O2S. The molecule has 0 saturated heterocycles. The molecule has 1 aromatic carbocycles. The zero-order valence-corrected chi connectivity index (χ0v) is 16.7. The number of pyridine rings is 1. The lowest BCUT2D eigenvalue weighted by Crippen LogP contribution is -2.86. The number of carbonyl (C=O) groups is 2. The van der Waals surface area contributed by atoms with Crippen LogP contribution in [0.1, 0.15) is 21.5 Å². The molecule has 28 heavy (non-hydrogen) atoms. The average molecular weight is 392 g/mol. The monoisotopic (exact) mass is 392 g/mol. The molecule has 0 spiro atoms. The van der Waals surface area contributed by atoms with Crippen LogP contribution in [0, 0.1) is 18.3 Å². The zero-order valence-electron chi connectivity index (χ0n) is 15.8. The lowest BCUT2D eigenvalue weighted by molar-refractivity contribution is -0.580. The van der Waals surface area contributed by atoms with Crippen LogP contribution in [0.15, 0.2) is 48.9 Å². The van der Waals surface area contributed by atoms with Crippen LogP contribution < -0.4 is 9.88 Å². The van der Waals surface area contributed by atoms with Gasteiger partial charge in [0.15, 0.2) is 16.7 Å². The summed E-state index contributed by atoms with van der Waals surface area (Å²) in [7, 11) is 3.40. The van der Waals surface area contributed by atoms with E-state index in [4.69, 9.17) is 0 Å². The standard InChI is InChI=1S/C21H20N4O2S/c1-13-6-7-15-16(11-25(18(15)9-13)21(27)24(2)3)19(26)17-12-28-20(23-17)14-5-4-8-22-10-14/h4-12H,23H2,1-3H3. The van der Waals surface area contributed by atoms with Gasteiger partial charge in [-0.25, -0.2) is 9.36 Å². The van der Waals surface area contributed by atoms with E-state index in [1.54, 1.807) is 37.3 Å². The van der Waals surface area contributed by atoms with E-state index in [-0.39, 0.29) is 11.8 Å². The molecule has 0 unspecified atom stereocenters. The van der Waals surface area contributed by atoms with Gasteiger partial charge in [-0.2, -0.15) is 0 Å². The summed E-state index contributed by atoms with van der Waals surface area (Å²) >= 11 is 1.51. The second-order valence-electron chi connectivity index (χ2n) is 6.88. The van der Waals surface area contributed by atoms with Gasteiger partial charge >= 0.3 is 6.03 Å². The molecule has 0 bridgehead atoms. The number of nitrogens with zero attached hydrogens (tertiary/aromatic N) is 3. The number of hydrogen-bond donors (Lipinski definition) is 1. The Morgan fingerprint density at radius 1 is 1.25 bits per heavy atom. The van der Waals surface area contributed by atoms with E-state index in [0.29, 0.717) is 11.6 Å². The summed E-state index contributed by atoms with van der Waals surface area (Å²) in [5.74, 6) is -0.0921. The van der Waals surface area contributed by atoms with Crippen LogP contribution in [0.5, 0.6) is 0 Å². The molecule has 6 nitrogen and oxygen atoms in total. The highest BCUT2D eigenvalue weighted by molar-refractivity contribution is 7.81. The molecule has 3 aromatic rings. The van der Waals surface area contributed by atoms with Crippen molar-refractivity contribution in [1.82, 2.24) is 9.88 Å². The van der Waals surface area contributed by atoms with E-state index in [2.05, 4.69) is 4.98 Å². The summed E-state index contributed by atoms with van der Waals surface area (Å²) < 4.78 is 1.55. The fraction of sp³-hybridized carbons (Fsp3) is 0.143. The molecule has 1 aliphatic heterocycles. The van der Waals surface area contributed by atoms with E-state index in [1.165, 1.54) is 16.3 Å². The first-order valence-electron chi connectivity index (χ1n) is 8.82. The van der Waals surface area contributed by atoms with Crippen LogP contribution in [0.4, 0.5) is 4.79 Å². The molecule has 0 saturated carbocycles. The van der Waals surface area contributed by atoms with Crippen LogP contribution in [0.3, 0.4) is 0 Å². The maximum absolute atomic E-state index is 13.2. The Morgan fingerprint density at radius 3 is 2.79 bits per heavy atom. The van der Waals surface area contributed by atoms with Crippen LogP contribution in [-0.4, -0.2) is 41.2 Å². The van der Waals surface area contributed by atoms with Crippen LogP contribution in [0.2, 0.25) is 0 Å². The van der Waals surface area contributed by atoms with Gasteiger partial charge in [-0.15, -0.1) is 18.2 Å². The highest BCUT2D eigenvalue weighted by atomic mass is 32.1. The number of aryl methyl sites for hydroxylation is 1. The highest BCUT2D eigenvalue weighted by Gasteiger charge is 2.33. The van der Waals surface area contributed by atoms with Crippen LogP contribution >= 0.6 is 0 Å². The van der Waals surface area contributed by atoms with E-state index in [9.17, 15) is 9.59 Å². The molecule has 0 atom stereocenters. The first-order valence-corrected chi connectivity index (χ1v) is 9.70. The number of ketones is 1. The SMILES string of the molecule is Cc1ccc2c(C(=O)[C-]3C=[S+][C-](c4cccnc4)[NH2+]3)c[n+](C(=O)N(C)C)[c-]2c1. The number of Topliss-reactive ketones (excluding diaryl/α,β-unsaturated/α-hetero) is 1. The molecular weight excluding hydrogens is 372 g/mol. The van der Waals surface area contributed by atoms with Crippen LogP contribution in [-0.2, 0) is 11.4 Å². The first-order chi connectivity index (χ1) is 13.5. The van der Waals surface area contributed by atoms with Crippen molar-refractivity contribution in [3.63, 3.8) is 0 Å². The fourth-order valence-corrected chi connectivity index (χ4v) is 4.04. The van der Waals surface area contributed by atoms with E-state index in [0.717, 1.165) is 27.4 Å². The summed E-state index contributed by atoms with van der Waals surface area (Å²) in [5, 5.41) is 5.51. The van der Waals surface area contributed by atoms with Crippen molar-refractivity contribution in [1.29, 1.82) is 0 Å². The smallest absolute Gasteiger partial charge is 0.345 e. The second-order valence-corrected chi connectivity index (χ2v) is 7.79. The predicted octanol–water partition coefficient (Wildman–Crippen LogP) is 0.794. The molecule has 2 N–H and O–H groups in total. The van der Waals surface area contributed by atoms with Gasteiger partial charge in [0.25, 0.3) is 5.37 Å². The Morgan fingerprint density at radius 2 is 2.07 bits per heavy atom. The number of nitrogens with two attached hydrogens (primary N) is 1. The Balaban J connectivity index is 1.69. The van der Waals surface area contributed by atoms with Gasteiger partial charge in [0.2, 0.25) is 0 Å². The number of amides is 1. The van der Waals surface area contributed by atoms with Crippen molar-refractivity contribution in [2.24, 2.45) is 0 Å². The third kappa shape index (κ3) is 3.15. The lowest BCUT2D eigenvalue weighted by atomic mass is 10.0. The van der Waals surface area contributed by atoms with Gasteiger partial charge in [0, 0.05) is 6.20 Å². The number of carbonyl (C=O) groups excluding carboxylic acids is 2. The van der Waals surface area contributed by atoms with Crippen molar-refractivity contribution in [2.75, 3.05) is 14.1 Å². The van der Waals surface area contributed by atoms with Crippen molar-refractivity contribution in [3.8, 4) is 0 Å². The van der Waals surface area contributed by atoms with Crippen molar-refractivity contribution >= 4 is 39.4 Å². The molecule has 2 aromatic heterocycles. The fourth-order valence-electron chi connectivity index (χ4n) is 3.16. The first kappa shape index (κ1) is 18.2. The molecule has 3 heterocycles. The van der Waals surface area contributed by atoms with E-state index < -0.39 is 0 Å². The van der Waals surface area contributed by atoms with Gasteiger partial charge in [0.05, 0.1) is 25.7 Å². The maximum atomic E-state index is 13.2. The molecule has 0 fully saturated rings. The van der Waals surface area contributed by atoms with Gasteiger partial charge < -0.3 is 15.1 Å². The number of hydrogen-bond acceptors (Lipinski definition) is 3. The minimum absolute atomic E-state index is 0.0921. The van der Waals surface area contributed by atoms with Crippen molar-refractivity contribution in [3.05, 3.63) is 77.0 Å². The number of fused-ring (bicyclic) bond motifs is 1. The second kappa shape index (κ2) is 7.10. The third-order valence-electron chi connectivity index (χ3n) is 4.60. The van der Waals surface area contributed by atoms with E-state index in [1.807, 2.05) is 47.9 Å². The summed E-state index contributed by atoms with van der Waals surface area (Å²) in [6.45, 7) is 1.97. The Hall–Kier alpha value is -3.16. The van der Waals surface area contributed by atoms with Crippen molar-refractivity contribution < 1.29 is 19.5 Å². The minimum Gasteiger partial charge on any atom is -0.345 e. The quantitative estimate of drug-likeness (QED) is 0.236. The molecule has 0 aliphatic carbocycles. The Kier molecular flexibility index (Phi) is 4.62. The number of rotatable bonds is 3. The largest absolute Gasteiger partial charge is 0.441 e. The summed E-state index contributed by atoms with van der Waals surface area (Å²) in [6, 6.07) is 10.1. The Labute approximate surface area is 167 Å². The predicted molar refractivity (Wildman–Crippen MR) is 108 cm³/mol. The Bertz CT molecular complexity index is 1090. The summed E-state index contributed by atoms with van der Waals surface area (Å²) in [5.41, 5.74) is 3.28. The third-order valence-corrected chi connectivity index (χ3v) is 5.58. The van der Waals surface area contributed by atoms with Crippen molar-refractivity contribution in [2.45, 2.75) is 6.92 Å². The molecule has 1 aliphatic rings. The molecule has 142 valence electrons. The molecule has 4 rings (SSSR count). The number of quaternary nitrogens is 1. The topological polar surface area (TPSA) is 70.8 Å². The van der Waals surface area contributed by atoms with Gasteiger partial charge in [-0.1, -0.05) is 36.2 Å². The molecule has 1 amide bonds. The van der Waals surface area contributed by atoms with Gasteiger partial charge in [-0.05, 0) is 17.3 Å². The molecule has 7 heteroatoms. The highest BCUT2D eigenvalue weighted by Crippen LogP contribution is 2.22. The average Bonchev–Trinajstić information content (AvgIpc) is 3.32. The maximum Gasteiger partial charge on any atom is 0.441 e. The summed E-state index contributed by atoms with van der Waals surface area (Å²) in [6.07, 6.45) is 5.16. The summed E-state index contributed by atoms with van der Waals surface area (Å²) in [4.78, 5) is 31.5. The van der Waals surface area contributed by atoms with E-state index >= 15 is 0 Å². The minimum atomic E-state index is -0.184. The number of benzene rings is 1. The van der Waals surface area contributed by atoms with Gasteiger partial charge in [-0.3, -0.25) is 4.90 Å². The normalized spacial score (nSPS) is 13.4. The lowest BCUT2D eigenvalue weighted by Gasteiger charge is -2.12. The van der Waals surface area contributed by atoms with Gasteiger partial charge in [0.1, 0.15) is 5.78 Å². The zero-order chi connectivity index (χ0) is 19.8. The molecule has 0 radical (unpaired) electrons.